The van der Waals surface area contributed by atoms with Gasteiger partial charge in [-0.25, -0.2) is 14.6 Å². The average molecular weight is 518 g/mol. The molecule has 0 bridgehead atoms. The number of benzene rings is 2. The monoisotopic (exact) mass is 517 g/mol. The molecule has 0 aliphatic carbocycles. The molecule has 2 aromatic carbocycles. The van der Waals surface area contributed by atoms with Gasteiger partial charge in [-0.3, -0.25) is 0 Å². The van der Waals surface area contributed by atoms with Crippen LogP contribution in [0.1, 0.15) is 25.0 Å². The highest BCUT2D eigenvalue weighted by Gasteiger charge is 2.26. The second-order valence-electron chi connectivity index (χ2n) is 9.01. The van der Waals surface area contributed by atoms with Crippen molar-refractivity contribution in [3.05, 3.63) is 101 Å². The molecule has 0 aliphatic rings. The number of pyridine rings is 1. The Bertz CT molecular complexity index is 1520. The lowest BCUT2D eigenvalue weighted by atomic mass is 9.94. The lowest BCUT2D eigenvalue weighted by Gasteiger charge is -2.27. The van der Waals surface area contributed by atoms with Gasteiger partial charge in [-0.1, -0.05) is 53.5 Å². The Morgan fingerprint density at radius 2 is 1.72 bits per heavy atom. The molecule has 8 heteroatoms. The predicted molar refractivity (Wildman–Crippen MR) is 144 cm³/mol. The molecular formula is C28H25Cl2N5O. The molecule has 0 aliphatic heterocycles. The molecule has 0 N–H and O–H groups in total. The lowest BCUT2D eigenvalue weighted by Crippen LogP contribution is -2.26. The highest BCUT2D eigenvalue weighted by molar-refractivity contribution is 6.35. The first kappa shape index (κ1) is 24.1. The number of methoxy groups -OCH3 is 1. The number of imidazole rings is 1. The largest absolute Gasteiger partial charge is 0.481 e. The molecule has 0 amide bonds. The third-order valence-electron chi connectivity index (χ3n) is 6.43. The van der Waals surface area contributed by atoms with Crippen molar-refractivity contribution >= 4 is 23.2 Å². The Balaban J connectivity index is 1.66. The summed E-state index contributed by atoms with van der Waals surface area (Å²) in [4.78, 5) is 9.14. The molecule has 182 valence electrons. The molecule has 0 fully saturated rings. The van der Waals surface area contributed by atoms with Crippen LogP contribution in [-0.4, -0.2) is 31.4 Å². The van der Waals surface area contributed by atoms with E-state index in [9.17, 15) is 0 Å². The van der Waals surface area contributed by atoms with Gasteiger partial charge in [-0.05, 0) is 50.6 Å². The van der Waals surface area contributed by atoms with Gasteiger partial charge in [0.25, 0.3) is 0 Å². The van der Waals surface area contributed by atoms with Crippen molar-refractivity contribution in [3.8, 4) is 34.2 Å². The molecule has 5 aromatic rings. The van der Waals surface area contributed by atoms with Gasteiger partial charge < -0.3 is 9.30 Å². The van der Waals surface area contributed by atoms with E-state index in [4.69, 9.17) is 38.0 Å². The number of hydrogen-bond acceptors (Lipinski definition) is 4. The van der Waals surface area contributed by atoms with Crippen LogP contribution in [0, 0.1) is 6.92 Å². The van der Waals surface area contributed by atoms with Gasteiger partial charge in [0.1, 0.15) is 11.4 Å². The molecule has 0 spiro atoms. The van der Waals surface area contributed by atoms with Crippen LogP contribution >= 0.6 is 23.2 Å². The third kappa shape index (κ3) is 4.27. The maximum absolute atomic E-state index is 6.61. The summed E-state index contributed by atoms with van der Waals surface area (Å²) in [5.74, 6) is 0.536. The van der Waals surface area contributed by atoms with Crippen molar-refractivity contribution in [2.75, 3.05) is 7.11 Å². The normalized spacial score (nSPS) is 11.6. The maximum atomic E-state index is 6.61. The van der Waals surface area contributed by atoms with Gasteiger partial charge in [-0.15, -0.1) is 0 Å². The molecular weight excluding hydrogens is 493 g/mol. The average Bonchev–Trinajstić information content (AvgIpc) is 3.50. The fourth-order valence-corrected chi connectivity index (χ4v) is 4.78. The highest BCUT2D eigenvalue weighted by Crippen LogP contribution is 2.36. The van der Waals surface area contributed by atoms with Gasteiger partial charge >= 0.3 is 0 Å². The van der Waals surface area contributed by atoms with Crippen molar-refractivity contribution in [1.82, 2.24) is 24.3 Å². The molecule has 0 atom stereocenters. The van der Waals surface area contributed by atoms with Gasteiger partial charge in [0.2, 0.25) is 5.88 Å². The zero-order valence-corrected chi connectivity index (χ0v) is 21.9. The van der Waals surface area contributed by atoms with Gasteiger partial charge in [0.05, 0.1) is 35.4 Å². The molecule has 0 saturated heterocycles. The van der Waals surface area contributed by atoms with E-state index in [1.165, 1.54) is 5.56 Å². The summed E-state index contributed by atoms with van der Waals surface area (Å²) in [6.45, 7) is 6.37. The predicted octanol–water partition coefficient (Wildman–Crippen LogP) is 7.21. The highest BCUT2D eigenvalue weighted by atomic mass is 35.5. The second kappa shape index (κ2) is 9.45. The fraction of sp³-hybridized carbons (Fsp3) is 0.179. The van der Waals surface area contributed by atoms with Crippen LogP contribution in [0.15, 0.2) is 79.4 Å². The standard InChI is InChI=1S/C28H25Cl2N5O/c1-18-26(23-16-34(17-32-23)28(2,3)20-8-6-5-7-9-20)33-35(24-12-11-21(29)14-22(24)30)27(18)19-10-13-25(36-4)31-15-19/h5-17H,1-4H3. The number of aromatic nitrogens is 5. The summed E-state index contributed by atoms with van der Waals surface area (Å²) >= 11 is 12.8. The maximum Gasteiger partial charge on any atom is 0.212 e. The van der Waals surface area contributed by atoms with Crippen molar-refractivity contribution < 1.29 is 4.74 Å². The Kier molecular flexibility index (Phi) is 6.33. The second-order valence-corrected chi connectivity index (χ2v) is 9.85. The van der Waals surface area contributed by atoms with Crippen LogP contribution in [0.3, 0.4) is 0 Å². The van der Waals surface area contributed by atoms with Gasteiger partial charge in [-0.2, -0.15) is 5.10 Å². The quantitative estimate of drug-likeness (QED) is 0.239. The van der Waals surface area contributed by atoms with E-state index in [2.05, 4.69) is 35.5 Å². The topological polar surface area (TPSA) is 57.8 Å². The molecule has 6 nitrogen and oxygen atoms in total. The minimum atomic E-state index is -0.287. The van der Waals surface area contributed by atoms with E-state index < -0.39 is 0 Å². The summed E-state index contributed by atoms with van der Waals surface area (Å²) in [6.07, 6.45) is 5.65. The zero-order valence-electron chi connectivity index (χ0n) is 20.4. The van der Waals surface area contributed by atoms with Crippen LogP contribution in [0.5, 0.6) is 5.88 Å². The first-order valence-corrected chi connectivity index (χ1v) is 12.2. The fourth-order valence-electron chi connectivity index (χ4n) is 4.29. The first-order chi connectivity index (χ1) is 17.3. The summed E-state index contributed by atoms with van der Waals surface area (Å²) in [5, 5.41) is 6.04. The van der Waals surface area contributed by atoms with Gasteiger partial charge in [0, 0.05) is 34.6 Å². The number of ether oxygens (including phenoxy) is 1. The van der Waals surface area contributed by atoms with Crippen LogP contribution in [-0.2, 0) is 5.54 Å². The van der Waals surface area contributed by atoms with E-state index >= 15 is 0 Å². The number of halogens is 2. The zero-order chi connectivity index (χ0) is 25.4. The molecule has 3 aromatic heterocycles. The van der Waals surface area contributed by atoms with Crippen LogP contribution in [0.2, 0.25) is 10.0 Å². The molecule has 0 radical (unpaired) electrons. The number of rotatable bonds is 6. The minimum Gasteiger partial charge on any atom is -0.481 e. The van der Waals surface area contributed by atoms with Crippen LogP contribution < -0.4 is 4.74 Å². The Morgan fingerprint density at radius 1 is 0.944 bits per heavy atom. The van der Waals surface area contributed by atoms with Crippen LogP contribution in [0.25, 0.3) is 28.3 Å². The lowest BCUT2D eigenvalue weighted by molar-refractivity contribution is 0.398. The van der Waals surface area contributed by atoms with Crippen LogP contribution in [0.4, 0.5) is 0 Å². The third-order valence-corrected chi connectivity index (χ3v) is 6.97. The summed E-state index contributed by atoms with van der Waals surface area (Å²) in [6, 6.07) is 19.5. The smallest absolute Gasteiger partial charge is 0.212 e. The molecule has 0 saturated carbocycles. The van der Waals surface area contributed by atoms with E-state index in [0.29, 0.717) is 21.6 Å². The molecule has 3 heterocycles. The van der Waals surface area contributed by atoms with Crippen molar-refractivity contribution in [3.63, 3.8) is 0 Å². The number of hydrogen-bond donors (Lipinski definition) is 0. The van der Waals surface area contributed by atoms with Crippen molar-refractivity contribution in [2.45, 2.75) is 26.3 Å². The molecule has 0 unspecified atom stereocenters. The summed E-state index contributed by atoms with van der Waals surface area (Å²) in [5.41, 5.74) is 5.83. The molecule has 5 rings (SSSR count). The van der Waals surface area contributed by atoms with E-state index in [-0.39, 0.29) is 5.54 Å². The van der Waals surface area contributed by atoms with Crippen molar-refractivity contribution in [2.24, 2.45) is 0 Å². The van der Waals surface area contributed by atoms with E-state index in [1.54, 1.807) is 25.4 Å². The summed E-state index contributed by atoms with van der Waals surface area (Å²) < 4.78 is 9.18. The van der Waals surface area contributed by atoms with E-state index in [0.717, 1.165) is 28.2 Å². The first-order valence-electron chi connectivity index (χ1n) is 11.5. The Morgan fingerprint density at radius 3 is 2.39 bits per heavy atom. The Hall–Kier alpha value is -3.61. The van der Waals surface area contributed by atoms with Gasteiger partial charge in [0.15, 0.2) is 0 Å². The Labute approximate surface area is 220 Å². The molecule has 36 heavy (non-hydrogen) atoms. The summed E-state index contributed by atoms with van der Waals surface area (Å²) in [7, 11) is 1.59. The van der Waals surface area contributed by atoms with E-state index in [1.807, 2.05) is 60.5 Å². The minimum absolute atomic E-state index is 0.287. The number of nitrogens with zero attached hydrogens (tertiary/aromatic N) is 5. The van der Waals surface area contributed by atoms with Crippen molar-refractivity contribution in [1.29, 1.82) is 0 Å². The SMILES string of the molecule is COc1ccc(-c2c(C)c(-c3cn(C(C)(C)c4ccccc4)cn3)nn2-c2ccc(Cl)cc2Cl)cn1.